The van der Waals surface area contributed by atoms with Gasteiger partial charge in [-0.1, -0.05) is 13.0 Å². The first-order valence-corrected chi connectivity index (χ1v) is 7.39. The molecule has 3 heteroatoms. The molecule has 1 fully saturated rings. The van der Waals surface area contributed by atoms with Gasteiger partial charge in [-0.2, -0.15) is 0 Å². The Kier molecular flexibility index (Phi) is 3.56. The summed E-state index contributed by atoms with van der Waals surface area (Å²) in [6.45, 7) is 5.36. The van der Waals surface area contributed by atoms with Gasteiger partial charge in [0.15, 0.2) is 0 Å². The van der Waals surface area contributed by atoms with Crippen LogP contribution in [0.2, 0.25) is 0 Å². The Hall–Kier alpha value is -1.35. The second kappa shape index (κ2) is 5.33. The Morgan fingerprint density at radius 3 is 2.84 bits per heavy atom. The van der Waals surface area contributed by atoms with E-state index in [9.17, 15) is 0 Å². The van der Waals surface area contributed by atoms with Crippen molar-refractivity contribution in [3.05, 3.63) is 35.8 Å². The van der Waals surface area contributed by atoms with Crippen molar-refractivity contribution in [1.29, 1.82) is 0 Å². The van der Waals surface area contributed by atoms with Crippen LogP contribution in [0.1, 0.15) is 43.9 Å². The van der Waals surface area contributed by atoms with Gasteiger partial charge in [0.25, 0.3) is 0 Å². The van der Waals surface area contributed by atoms with Gasteiger partial charge in [0, 0.05) is 25.0 Å². The molecule has 1 N–H and O–H groups in total. The Balaban J connectivity index is 1.64. The minimum atomic E-state index is 0.683. The van der Waals surface area contributed by atoms with E-state index in [1.165, 1.54) is 31.2 Å². The van der Waals surface area contributed by atoms with E-state index in [2.05, 4.69) is 48.1 Å². The maximum absolute atomic E-state index is 4.71. The summed E-state index contributed by atoms with van der Waals surface area (Å²) in [6.07, 6.45) is 9.56. The third-order valence-corrected chi connectivity index (χ3v) is 4.32. The second-order valence-electron chi connectivity index (χ2n) is 5.99. The molecule has 2 heterocycles. The molecule has 0 amide bonds. The number of fused-ring (bicyclic) bond motifs is 1. The first kappa shape index (κ1) is 12.7. The SMILES string of the molecule is Cc1cccn2cc(CNC3CCC(C)CC3)nc12. The van der Waals surface area contributed by atoms with Gasteiger partial charge in [-0.3, -0.25) is 0 Å². The molecule has 19 heavy (non-hydrogen) atoms. The average Bonchev–Trinajstić information content (AvgIpc) is 2.83. The zero-order valence-corrected chi connectivity index (χ0v) is 11.9. The molecule has 1 aliphatic rings. The Morgan fingerprint density at radius 2 is 2.11 bits per heavy atom. The summed E-state index contributed by atoms with van der Waals surface area (Å²) < 4.78 is 2.12. The van der Waals surface area contributed by atoms with Crippen LogP contribution in [0.25, 0.3) is 5.65 Å². The summed E-state index contributed by atoms with van der Waals surface area (Å²) in [6, 6.07) is 4.87. The lowest BCUT2D eigenvalue weighted by Crippen LogP contribution is -2.32. The van der Waals surface area contributed by atoms with Crippen LogP contribution in [-0.2, 0) is 6.54 Å². The van der Waals surface area contributed by atoms with Crippen LogP contribution in [0.5, 0.6) is 0 Å². The quantitative estimate of drug-likeness (QED) is 0.914. The number of nitrogens with one attached hydrogen (secondary N) is 1. The third kappa shape index (κ3) is 2.81. The smallest absolute Gasteiger partial charge is 0.139 e. The number of imidazole rings is 1. The summed E-state index contributed by atoms with van der Waals surface area (Å²) in [4.78, 5) is 4.71. The molecule has 0 atom stereocenters. The Bertz CT molecular complexity index is 550. The molecule has 0 aliphatic heterocycles. The highest BCUT2D eigenvalue weighted by molar-refractivity contribution is 5.47. The summed E-state index contributed by atoms with van der Waals surface area (Å²) in [7, 11) is 0. The van der Waals surface area contributed by atoms with Crippen molar-refractivity contribution in [3.8, 4) is 0 Å². The lowest BCUT2D eigenvalue weighted by atomic mass is 9.87. The number of hydrogen-bond donors (Lipinski definition) is 1. The van der Waals surface area contributed by atoms with E-state index in [1.54, 1.807) is 0 Å². The number of aryl methyl sites for hydroxylation is 1. The van der Waals surface area contributed by atoms with Crippen LogP contribution in [0.15, 0.2) is 24.5 Å². The van der Waals surface area contributed by atoms with Crippen molar-refractivity contribution in [2.75, 3.05) is 0 Å². The normalized spacial score (nSPS) is 23.9. The molecule has 102 valence electrons. The molecule has 0 saturated heterocycles. The molecule has 3 nitrogen and oxygen atoms in total. The predicted octanol–water partition coefficient (Wildman–Crippen LogP) is 3.31. The highest BCUT2D eigenvalue weighted by Gasteiger charge is 2.17. The average molecular weight is 257 g/mol. The van der Waals surface area contributed by atoms with Crippen LogP contribution < -0.4 is 5.32 Å². The lowest BCUT2D eigenvalue weighted by Gasteiger charge is -2.26. The highest BCUT2D eigenvalue weighted by atomic mass is 15.0. The Labute approximate surface area is 115 Å². The van der Waals surface area contributed by atoms with Gasteiger partial charge in [0.2, 0.25) is 0 Å². The van der Waals surface area contributed by atoms with Crippen molar-refractivity contribution < 1.29 is 0 Å². The molecule has 1 aliphatic carbocycles. The highest BCUT2D eigenvalue weighted by Crippen LogP contribution is 2.23. The van der Waals surface area contributed by atoms with Gasteiger partial charge >= 0.3 is 0 Å². The molecule has 0 aromatic carbocycles. The van der Waals surface area contributed by atoms with Crippen LogP contribution in [0.4, 0.5) is 0 Å². The zero-order chi connectivity index (χ0) is 13.2. The maximum Gasteiger partial charge on any atom is 0.139 e. The number of rotatable bonds is 3. The number of nitrogens with zero attached hydrogens (tertiary/aromatic N) is 2. The first-order chi connectivity index (χ1) is 9.22. The lowest BCUT2D eigenvalue weighted by molar-refractivity contribution is 0.306. The molecule has 0 spiro atoms. The Morgan fingerprint density at radius 1 is 1.32 bits per heavy atom. The molecule has 2 aromatic rings. The molecular weight excluding hydrogens is 234 g/mol. The van der Waals surface area contributed by atoms with Crippen molar-refractivity contribution in [2.45, 2.75) is 52.1 Å². The molecule has 2 aromatic heterocycles. The van der Waals surface area contributed by atoms with Crippen molar-refractivity contribution in [3.63, 3.8) is 0 Å². The molecule has 0 unspecified atom stereocenters. The van der Waals surface area contributed by atoms with E-state index < -0.39 is 0 Å². The number of aromatic nitrogens is 2. The van der Waals surface area contributed by atoms with Crippen molar-refractivity contribution in [1.82, 2.24) is 14.7 Å². The van der Waals surface area contributed by atoms with Gasteiger partial charge in [-0.25, -0.2) is 4.98 Å². The monoisotopic (exact) mass is 257 g/mol. The fourth-order valence-corrected chi connectivity index (χ4v) is 3.00. The van der Waals surface area contributed by atoms with E-state index in [4.69, 9.17) is 4.98 Å². The van der Waals surface area contributed by atoms with Gasteiger partial charge in [0.1, 0.15) is 5.65 Å². The van der Waals surface area contributed by atoms with Crippen LogP contribution in [0.3, 0.4) is 0 Å². The first-order valence-electron chi connectivity index (χ1n) is 7.39. The van der Waals surface area contributed by atoms with Gasteiger partial charge in [-0.15, -0.1) is 0 Å². The van der Waals surface area contributed by atoms with Gasteiger partial charge in [-0.05, 0) is 50.2 Å². The standard InChI is InChI=1S/C16H23N3/c1-12-5-7-14(8-6-12)17-10-15-11-19-9-3-4-13(2)16(19)18-15/h3-4,9,11-12,14,17H,5-8,10H2,1-2H3. The topological polar surface area (TPSA) is 29.3 Å². The molecule has 3 rings (SSSR count). The summed E-state index contributed by atoms with van der Waals surface area (Å²) in [5.41, 5.74) is 3.46. The van der Waals surface area contributed by atoms with E-state index in [0.29, 0.717) is 6.04 Å². The molecular formula is C16H23N3. The summed E-state index contributed by atoms with van der Waals surface area (Å²) >= 11 is 0. The second-order valence-corrected chi connectivity index (χ2v) is 5.99. The molecule has 0 bridgehead atoms. The van der Waals surface area contributed by atoms with Gasteiger partial charge in [0.05, 0.1) is 5.69 Å². The molecule has 0 radical (unpaired) electrons. The van der Waals surface area contributed by atoms with Crippen LogP contribution in [0, 0.1) is 12.8 Å². The zero-order valence-electron chi connectivity index (χ0n) is 11.9. The van der Waals surface area contributed by atoms with E-state index in [1.807, 2.05) is 0 Å². The maximum atomic E-state index is 4.71. The fraction of sp³-hybridized carbons (Fsp3) is 0.562. The molecule has 1 saturated carbocycles. The van der Waals surface area contributed by atoms with Crippen molar-refractivity contribution >= 4 is 5.65 Å². The van der Waals surface area contributed by atoms with Crippen LogP contribution in [-0.4, -0.2) is 15.4 Å². The summed E-state index contributed by atoms with van der Waals surface area (Å²) in [5.74, 6) is 0.913. The predicted molar refractivity (Wildman–Crippen MR) is 78.2 cm³/mol. The van der Waals surface area contributed by atoms with E-state index in [-0.39, 0.29) is 0 Å². The van der Waals surface area contributed by atoms with E-state index >= 15 is 0 Å². The van der Waals surface area contributed by atoms with Crippen LogP contribution >= 0.6 is 0 Å². The van der Waals surface area contributed by atoms with Gasteiger partial charge < -0.3 is 9.72 Å². The number of hydrogen-bond acceptors (Lipinski definition) is 2. The fourth-order valence-electron chi connectivity index (χ4n) is 3.00. The minimum absolute atomic E-state index is 0.683. The van der Waals surface area contributed by atoms with Crippen molar-refractivity contribution in [2.24, 2.45) is 5.92 Å². The largest absolute Gasteiger partial charge is 0.308 e. The third-order valence-electron chi connectivity index (χ3n) is 4.32. The minimum Gasteiger partial charge on any atom is -0.308 e. The van der Waals surface area contributed by atoms with E-state index in [0.717, 1.165) is 23.8 Å². The summed E-state index contributed by atoms with van der Waals surface area (Å²) in [5, 5.41) is 3.66. The number of pyridine rings is 1.